The van der Waals surface area contributed by atoms with E-state index in [0.29, 0.717) is 25.9 Å². The first-order valence-electron chi connectivity index (χ1n) is 9.95. The second-order valence-electron chi connectivity index (χ2n) is 7.62. The first-order chi connectivity index (χ1) is 14.0. The van der Waals surface area contributed by atoms with Gasteiger partial charge in [-0.3, -0.25) is 9.59 Å². The van der Waals surface area contributed by atoms with Crippen LogP contribution >= 0.6 is 0 Å². The number of likely N-dealkylation sites (tertiary alicyclic amines) is 1. The van der Waals surface area contributed by atoms with E-state index in [0.717, 1.165) is 40.6 Å². The highest BCUT2D eigenvalue weighted by Crippen LogP contribution is 2.32. The highest BCUT2D eigenvalue weighted by molar-refractivity contribution is 5.91. The lowest BCUT2D eigenvalue weighted by Crippen LogP contribution is -2.44. The average molecular weight is 393 g/mol. The molecule has 1 fully saturated rings. The van der Waals surface area contributed by atoms with Crippen molar-refractivity contribution in [2.24, 2.45) is 11.7 Å². The van der Waals surface area contributed by atoms with E-state index in [1.54, 1.807) is 11.0 Å². The monoisotopic (exact) mass is 393 g/mol. The number of benzene rings is 2. The number of aromatic nitrogens is 1. The van der Waals surface area contributed by atoms with E-state index < -0.39 is 0 Å². The Morgan fingerprint density at radius 1 is 1.17 bits per heavy atom. The second kappa shape index (κ2) is 8.07. The quantitative estimate of drug-likeness (QED) is 0.694. The van der Waals surface area contributed by atoms with Gasteiger partial charge < -0.3 is 15.6 Å². The molecule has 0 spiro atoms. The highest BCUT2D eigenvalue weighted by Gasteiger charge is 2.27. The molecule has 2 aromatic carbocycles. The standard InChI is InChI=1S/C23H24FN3O2/c24-17-8-10-20-19(13-17)18(22(26-20)15-5-2-1-3-6-15)9-11-21(28)27-12-4-7-16(14-27)23(25)29/h1-3,5-6,8,10,13,16,26H,4,7,9,11-12,14H2,(H2,25,29). The summed E-state index contributed by atoms with van der Waals surface area (Å²) in [6, 6.07) is 14.5. The summed E-state index contributed by atoms with van der Waals surface area (Å²) in [5, 5.41) is 0.797. The number of hydrogen-bond acceptors (Lipinski definition) is 2. The molecule has 1 atom stereocenters. The summed E-state index contributed by atoms with van der Waals surface area (Å²) in [6.07, 6.45) is 2.31. The summed E-state index contributed by atoms with van der Waals surface area (Å²) in [6.45, 7) is 1.04. The van der Waals surface area contributed by atoms with Crippen LogP contribution in [0.1, 0.15) is 24.8 Å². The molecule has 3 aromatic rings. The van der Waals surface area contributed by atoms with Crippen LogP contribution < -0.4 is 5.73 Å². The van der Waals surface area contributed by atoms with Crippen molar-refractivity contribution in [2.75, 3.05) is 13.1 Å². The number of nitrogens with two attached hydrogens (primary N) is 1. The fraction of sp³-hybridized carbons (Fsp3) is 0.304. The van der Waals surface area contributed by atoms with Crippen LogP contribution in [0.25, 0.3) is 22.2 Å². The Bertz CT molecular complexity index is 1040. The number of nitrogens with one attached hydrogen (secondary N) is 1. The van der Waals surface area contributed by atoms with Gasteiger partial charge in [-0.05, 0) is 48.6 Å². The molecular formula is C23H24FN3O2. The molecule has 0 radical (unpaired) electrons. The first-order valence-corrected chi connectivity index (χ1v) is 9.95. The molecule has 6 heteroatoms. The maximum absolute atomic E-state index is 13.9. The third kappa shape index (κ3) is 4.01. The summed E-state index contributed by atoms with van der Waals surface area (Å²) in [7, 11) is 0. The Morgan fingerprint density at radius 2 is 1.97 bits per heavy atom. The number of aromatic amines is 1. The van der Waals surface area contributed by atoms with Crippen molar-refractivity contribution in [3.63, 3.8) is 0 Å². The zero-order valence-corrected chi connectivity index (χ0v) is 16.2. The molecule has 4 rings (SSSR count). The number of H-pyrrole nitrogens is 1. The molecule has 1 saturated heterocycles. The molecular weight excluding hydrogens is 369 g/mol. The van der Waals surface area contributed by atoms with Crippen molar-refractivity contribution < 1.29 is 14.0 Å². The molecule has 2 amide bonds. The Labute approximate surface area is 168 Å². The lowest BCUT2D eigenvalue weighted by atomic mass is 9.96. The van der Waals surface area contributed by atoms with Crippen molar-refractivity contribution in [1.82, 2.24) is 9.88 Å². The van der Waals surface area contributed by atoms with Gasteiger partial charge in [0.2, 0.25) is 11.8 Å². The minimum atomic E-state index is -0.346. The van der Waals surface area contributed by atoms with Gasteiger partial charge in [-0.2, -0.15) is 0 Å². The van der Waals surface area contributed by atoms with E-state index in [1.165, 1.54) is 12.1 Å². The van der Waals surface area contributed by atoms with Gasteiger partial charge in [0.05, 0.1) is 5.92 Å². The van der Waals surface area contributed by atoms with Gasteiger partial charge in [-0.1, -0.05) is 30.3 Å². The lowest BCUT2D eigenvalue weighted by Gasteiger charge is -2.31. The number of aryl methyl sites for hydroxylation is 1. The van der Waals surface area contributed by atoms with Crippen molar-refractivity contribution in [1.29, 1.82) is 0 Å². The maximum atomic E-state index is 13.9. The zero-order valence-electron chi connectivity index (χ0n) is 16.2. The summed E-state index contributed by atoms with van der Waals surface area (Å²) in [4.78, 5) is 29.4. The molecule has 29 heavy (non-hydrogen) atoms. The first kappa shape index (κ1) is 19.2. The van der Waals surface area contributed by atoms with Gasteiger partial charge in [0.25, 0.3) is 0 Å². The number of piperidine rings is 1. The summed E-state index contributed by atoms with van der Waals surface area (Å²) >= 11 is 0. The van der Waals surface area contributed by atoms with E-state index in [-0.39, 0.29) is 23.5 Å². The molecule has 5 nitrogen and oxygen atoms in total. The highest BCUT2D eigenvalue weighted by atomic mass is 19.1. The number of primary amides is 1. The molecule has 3 N–H and O–H groups in total. The molecule has 0 bridgehead atoms. The molecule has 0 aliphatic carbocycles. The Morgan fingerprint density at radius 3 is 2.72 bits per heavy atom. The Kier molecular flexibility index (Phi) is 5.34. The molecule has 1 aromatic heterocycles. The van der Waals surface area contributed by atoms with Crippen LogP contribution in [0.15, 0.2) is 48.5 Å². The largest absolute Gasteiger partial charge is 0.369 e. The van der Waals surface area contributed by atoms with Crippen molar-refractivity contribution >= 4 is 22.7 Å². The third-order valence-electron chi connectivity index (χ3n) is 5.70. The molecule has 1 unspecified atom stereocenters. The SMILES string of the molecule is NC(=O)C1CCCN(C(=O)CCc2c(-c3ccccc3)[nH]c3ccc(F)cc23)C1. The van der Waals surface area contributed by atoms with Gasteiger partial charge in [-0.25, -0.2) is 4.39 Å². The maximum Gasteiger partial charge on any atom is 0.222 e. The molecule has 0 saturated carbocycles. The summed E-state index contributed by atoms with van der Waals surface area (Å²) < 4.78 is 13.9. The number of hydrogen-bond donors (Lipinski definition) is 2. The van der Waals surface area contributed by atoms with Gasteiger partial charge in [0.15, 0.2) is 0 Å². The zero-order chi connectivity index (χ0) is 20.4. The average Bonchev–Trinajstić information content (AvgIpc) is 3.10. The van der Waals surface area contributed by atoms with Crippen LogP contribution in [-0.2, 0) is 16.0 Å². The van der Waals surface area contributed by atoms with E-state index in [1.807, 2.05) is 30.3 Å². The topological polar surface area (TPSA) is 79.2 Å². The van der Waals surface area contributed by atoms with Crippen LogP contribution in [0.2, 0.25) is 0 Å². The van der Waals surface area contributed by atoms with E-state index >= 15 is 0 Å². The molecule has 2 heterocycles. The second-order valence-corrected chi connectivity index (χ2v) is 7.62. The lowest BCUT2D eigenvalue weighted by molar-refractivity contribution is -0.134. The van der Waals surface area contributed by atoms with Crippen LogP contribution in [0.5, 0.6) is 0 Å². The van der Waals surface area contributed by atoms with Crippen LogP contribution in [0.3, 0.4) is 0 Å². The van der Waals surface area contributed by atoms with E-state index in [2.05, 4.69) is 4.98 Å². The Hall–Kier alpha value is -3.15. The van der Waals surface area contributed by atoms with Crippen LogP contribution in [0, 0.1) is 11.7 Å². The summed E-state index contributed by atoms with van der Waals surface area (Å²) in [5.41, 5.74) is 9.11. The van der Waals surface area contributed by atoms with Gasteiger partial charge in [0.1, 0.15) is 5.82 Å². The van der Waals surface area contributed by atoms with Crippen LogP contribution in [0.4, 0.5) is 4.39 Å². The van der Waals surface area contributed by atoms with E-state index in [4.69, 9.17) is 5.73 Å². The van der Waals surface area contributed by atoms with Crippen molar-refractivity contribution in [3.8, 4) is 11.3 Å². The molecule has 1 aliphatic rings. The van der Waals surface area contributed by atoms with Gasteiger partial charge >= 0.3 is 0 Å². The predicted octanol–water partition coefficient (Wildman–Crippen LogP) is 3.63. The number of halogens is 1. The number of carbonyl (C=O) groups is 2. The van der Waals surface area contributed by atoms with Crippen molar-refractivity contribution in [2.45, 2.75) is 25.7 Å². The van der Waals surface area contributed by atoms with Gasteiger partial charge in [-0.15, -0.1) is 0 Å². The predicted molar refractivity (Wildman–Crippen MR) is 111 cm³/mol. The molecule has 1 aliphatic heterocycles. The summed E-state index contributed by atoms with van der Waals surface area (Å²) in [5.74, 6) is -0.916. The van der Waals surface area contributed by atoms with Crippen LogP contribution in [-0.4, -0.2) is 34.8 Å². The molecule has 150 valence electrons. The van der Waals surface area contributed by atoms with Gasteiger partial charge in [0, 0.05) is 36.1 Å². The number of rotatable bonds is 5. The number of amides is 2. The van der Waals surface area contributed by atoms with E-state index in [9.17, 15) is 14.0 Å². The smallest absolute Gasteiger partial charge is 0.222 e. The van der Waals surface area contributed by atoms with Crippen molar-refractivity contribution in [3.05, 3.63) is 59.9 Å². The fourth-order valence-corrected chi connectivity index (χ4v) is 4.16. The Balaban J connectivity index is 1.59. The normalized spacial score (nSPS) is 16.9. The minimum Gasteiger partial charge on any atom is -0.369 e. The minimum absolute atomic E-state index is 0.000662. The number of fused-ring (bicyclic) bond motifs is 1. The third-order valence-corrected chi connectivity index (χ3v) is 5.70. The number of carbonyl (C=O) groups excluding carboxylic acids is 2. The fourth-order valence-electron chi connectivity index (χ4n) is 4.16. The number of nitrogens with zero attached hydrogens (tertiary/aromatic N) is 1.